The molecule has 0 aliphatic carbocycles. The standard InChI is InChI=1S/C12H26O/c1-4-6-7-8-11(3)9-12(5-2)10-13/h11-13H,4-10H2,1-3H3. The van der Waals surface area contributed by atoms with Crippen LogP contribution in [0.1, 0.15) is 59.3 Å². The highest BCUT2D eigenvalue weighted by Crippen LogP contribution is 2.19. The van der Waals surface area contributed by atoms with Crippen molar-refractivity contribution in [2.45, 2.75) is 59.3 Å². The Morgan fingerprint density at radius 3 is 2.31 bits per heavy atom. The molecule has 0 spiro atoms. The number of unbranched alkanes of at least 4 members (excludes halogenated alkanes) is 2. The summed E-state index contributed by atoms with van der Waals surface area (Å²) in [6.07, 6.45) is 7.69. The Hall–Kier alpha value is -0.0400. The molecule has 0 bridgehead atoms. The number of rotatable bonds is 8. The van der Waals surface area contributed by atoms with E-state index in [0.717, 1.165) is 12.3 Å². The SMILES string of the molecule is CCCCCC(C)CC(CC)CO. The molecular formula is C12H26O. The van der Waals surface area contributed by atoms with E-state index in [4.69, 9.17) is 5.11 Å². The summed E-state index contributed by atoms with van der Waals surface area (Å²) < 4.78 is 0. The van der Waals surface area contributed by atoms with Gasteiger partial charge in [0.2, 0.25) is 0 Å². The molecule has 1 heteroatoms. The summed E-state index contributed by atoms with van der Waals surface area (Å²) >= 11 is 0. The van der Waals surface area contributed by atoms with Crippen LogP contribution in [0.3, 0.4) is 0 Å². The highest BCUT2D eigenvalue weighted by Gasteiger charge is 2.09. The van der Waals surface area contributed by atoms with Crippen LogP contribution < -0.4 is 0 Å². The van der Waals surface area contributed by atoms with Gasteiger partial charge in [0.1, 0.15) is 0 Å². The lowest BCUT2D eigenvalue weighted by atomic mass is 9.91. The molecule has 0 saturated carbocycles. The van der Waals surface area contributed by atoms with Crippen molar-refractivity contribution in [3.8, 4) is 0 Å². The summed E-state index contributed by atoms with van der Waals surface area (Å²) in [6, 6.07) is 0. The first-order valence-corrected chi connectivity index (χ1v) is 5.85. The molecule has 0 heterocycles. The average Bonchev–Trinajstić information content (AvgIpc) is 2.14. The fourth-order valence-corrected chi connectivity index (χ4v) is 1.80. The van der Waals surface area contributed by atoms with Crippen molar-refractivity contribution in [1.29, 1.82) is 0 Å². The lowest BCUT2D eigenvalue weighted by molar-refractivity contribution is 0.196. The molecule has 0 aliphatic rings. The molecule has 2 atom stereocenters. The molecule has 1 N–H and O–H groups in total. The van der Waals surface area contributed by atoms with E-state index in [0.29, 0.717) is 12.5 Å². The van der Waals surface area contributed by atoms with Crippen molar-refractivity contribution in [2.24, 2.45) is 11.8 Å². The molecule has 0 radical (unpaired) electrons. The Labute approximate surface area is 83.5 Å². The molecular weight excluding hydrogens is 160 g/mol. The molecule has 1 nitrogen and oxygen atoms in total. The van der Waals surface area contributed by atoms with Crippen LogP contribution in [0, 0.1) is 11.8 Å². The summed E-state index contributed by atoms with van der Waals surface area (Å²) in [5.41, 5.74) is 0. The first kappa shape index (κ1) is 13.0. The molecule has 0 saturated heterocycles. The maximum absolute atomic E-state index is 9.05. The van der Waals surface area contributed by atoms with Crippen LogP contribution in [0.15, 0.2) is 0 Å². The number of aliphatic hydroxyl groups is 1. The molecule has 0 aromatic rings. The second-order valence-electron chi connectivity index (χ2n) is 4.29. The van der Waals surface area contributed by atoms with Crippen LogP contribution >= 0.6 is 0 Å². The Morgan fingerprint density at radius 1 is 1.15 bits per heavy atom. The minimum atomic E-state index is 0.370. The van der Waals surface area contributed by atoms with Gasteiger partial charge in [0.25, 0.3) is 0 Å². The van der Waals surface area contributed by atoms with Crippen LogP contribution in [0.5, 0.6) is 0 Å². The average molecular weight is 186 g/mol. The second-order valence-corrected chi connectivity index (χ2v) is 4.29. The van der Waals surface area contributed by atoms with Crippen molar-refractivity contribution in [1.82, 2.24) is 0 Å². The fourth-order valence-electron chi connectivity index (χ4n) is 1.80. The molecule has 13 heavy (non-hydrogen) atoms. The quantitative estimate of drug-likeness (QED) is 0.574. The molecule has 0 fully saturated rings. The third-order valence-corrected chi connectivity index (χ3v) is 2.87. The second kappa shape index (κ2) is 8.55. The van der Waals surface area contributed by atoms with Crippen molar-refractivity contribution >= 4 is 0 Å². The van der Waals surface area contributed by atoms with E-state index in [2.05, 4.69) is 20.8 Å². The Kier molecular flexibility index (Phi) is 8.53. The number of aliphatic hydroxyl groups excluding tert-OH is 1. The largest absolute Gasteiger partial charge is 0.396 e. The summed E-state index contributed by atoms with van der Waals surface area (Å²) in [5.74, 6) is 1.33. The summed E-state index contributed by atoms with van der Waals surface area (Å²) in [4.78, 5) is 0. The van der Waals surface area contributed by atoms with Crippen molar-refractivity contribution in [3.63, 3.8) is 0 Å². The fraction of sp³-hybridized carbons (Fsp3) is 1.00. The van der Waals surface area contributed by atoms with E-state index in [1.54, 1.807) is 0 Å². The van der Waals surface area contributed by atoms with Crippen LogP contribution in [-0.2, 0) is 0 Å². The summed E-state index contributed by atoms with van der Waals surface area (Å²) in [6.45, 7) is 7.09. The van der Waals surface area contributed by atoms with Crippen LogP contribution in [0.2, 0.25) is 0 Å². The van der Waals surface area contributed by atoms with Gasteiger partial charge in [-0.1, -0.05) is 52.9 Å². The van der Waals surface area contributed by atoms with E-state index in [1.807, 2.05) is 0 Å². The lowest BCUT2D eigenvalue weighted by Gasteiger charge is -2.17. The van der Waals surface area contributed by atoms with Crippen molar-refractivity contribution < 1.29 is 5.11 Å². The molecule has 2 unspecified atom stereocenters. The van der Waals surface area contributed by atoms with Gasteiger partial charge in [-0.05, 0) is 18.3 Å². The smallest absolute Gasteiger partial charge is 0.0459 e. The topological polar surface area (TPSA) is 20.2 Å². The Balaban J connectivity index is 3.42. The first-order chi connectivity index (χ1) is 6.24. The van der Waals surface area contributed by atoms with E-state index in [1.165, 1.54) is 32.1 Å². The number of hydrogen-bond acceptors (Lipinski definition) is 1. The highest BCUT2D eigenvalue weighted by atomic mass is 16.3. The normalized spacial score (nSPS) is 15.7. The van der Waals surface area contributed by atoms with Gasteiger partial charge in [-0.25, -0.2) is 0 Å². The zero-order valence-electron chi connectivity index (χ0n) is 9.55. The highest BCUT2D eigenvalue weighted by molar-refractivity contribution is 4.61. The lowest BCUT2D eigenvalue weighted by Crippen LogP contribution is -2.09. The molecule has 0 rings (SSSR count). The van der Waals surface area contributed by atoms with Crippen LogP contribution in [0.4, 0.5) is 0 Å². The predicted octanol–water partition coefficient (Wildman–Crippen LogP) is 3.61. The van der Waals surface area contributed by atoms with Gasteiger partial charge in [-0.15, -0.1) is 0 Å². The minimum Gasteiger partial charge on any atom is -0.396 e. The Bertz CT molecular complexity index is 97.3. The van der Waals surface area contributed by atoms with Gasteiger partial charge in [-0.3, -0.25) is 0 Å². The van der Waals surface area contributed by atoms with Crippen molar-refractivity contribution in [2.75, 3.05) is 6.61 Å². The van der Waals surface area contributed by atoms with Gasteiger partial charge in [0.15, 0.2) is 0 Å². The van der Waals surface area contributed by atoms with Gasteiger partial charge >= 0.3 is 0 Å². The van der Waals surface area contributed by atoms with E-state index in [-0.39, 0.29) is 0 Å². The zero-order valence-corrected chi connectivity index (χ0v) is 9.55. The monoisotopic (exact) mass is 186 g/mol. The number of hydrogen-bond donors (Lipinski definition) is 1. The predicted molar refractivity (Wildman–Crippen MR) is 58.8 cm³/mol. The van der Waals surface area contributed by atoms with Gasteiger partial charge < -0.3 is 5.11 Å². The molecule has 0 amide bonds. The molecule has 0 aromatic heterocycles. The van der Waals surface area contributed by atoms with E-state index >= 15 is 0 Å². The third kappa shape index (κ3) is 7.06. The van der Waals surface area contributed by atoms with Gasteiger partial charge in [0, 0.05) is 6.61 Å². The molecule has 80 valence electrons. The van der Waals surface area contributed by atoms with E-state index in [9.17, 15) is 0 Å². The van der Waals surface area contributed by atoms with Crippen LogP contribution in [0.25, 0.3) is 0 Å². The summed E-state index contributed by atoms with van der Waals surface area (Å²) in [7, 11) is 0. The molecule has 0 aromatic carbocycles. The van der Waals surface area contributed by atoms with Gasteiger partial charge in [0.05, 0.1) is 0 Å². The maximum Gasteiger partial charge on any atom is 0.0459 e. The summed E-state index contributed by atoms with van der Waals surface area (Å²) in [5, 5.41) is 9.05. The van der Waals surface area contributed by atoms with Crippen molar-refractivity contribution in [3.05, 3.63) is 0 Å². The van der Waals surface area contributed by atoms with Gasteiger partial charge in [-0.2, -0.15) is 0 Å². The third-order valence-electron chi connectivity index (χ3n) is 2.87. The molecule has 0 aliphatic heterocycles. The van der Waals surface area contributed by atoms with Crippen LogP contribution in [-0.4, -0.2) is 11.7 Å². The Morgan fingerprint density at radius 2 is 1.85 bits per heavy atom. The minimum absolute atomic E-state index is 0.370. The van der Waals surface area contributed by atoms with E-state index < -0.39 is 0 Å². The maximum atomic E-state index is 9.05. The first-order valence-electron chi connectivity index (χ1n) is 5.85. The zero-order chi connectivity index (χ0) is 10.1.